The van der Waals surface area contributed by atoms with Crippen molar-refractivity contribution in [3.8, 4) is 0 Å². The fourth-order valence-corrected chi connectivity index (χ4v) is 2.68. The maximum Gasteiger partial charge on any atom is 0.0849 e. The Balaban J connectivity index is 2.32. The van der Waals surface area contributed by atoms with Crippen LogP contribution >= 0.6 is 27.5 Å². The Morgan fingerprint density at radius 2 is 1.31 bits per heavy atom. The number of rotatable bonds is 2. The van der Waals surface area contributed by atoms with E-state index in [0.29, 0.717) is 5.02 Å². The van der Waals surface area contributed by atoms with E-state index in [0.717, 1.165) is 14.3 Å². The highest BCUT2D eigenvalue weighted by Crippen LogP contribution is 2.20. The van der Waals surface area contributed by atoms with Gasteiger partial charge in [0.15, 0.2) is 0 Å². The molecule has 0 amide bonds. The first-order chi connectivity index (χ1) is 7.66. The van der Waals surface area contributed by atoms with Crippen molar-refractivity contribution in [1.82, 2.24) is 0 Å². The van der Waals surface area contributed by atoms with Crippen LogP contribution in [0.5, 0.6) is 0 Å². The second-order valence-corrected chi connectivity index (χ2v) is 6.01. The van der Waals surface area contributed by atoms with Gasteiger partial charge in [-0.05, 0) is 48.5 Å². The zero-order valence-electron chi connectivity index (χ0n) is 8.19. The lowest BCUT2D eigenvalue weighted by atomic mass is 10.4. The van der Waals surface area contributed by atoms with E-state index in [2.05, 4.69) is 15.9 Å². The molecule has 0 spiro atoms. The van der Waals surface area contributed by atoms with Gasteiger partial charge >= 0.3 is 0 Å². The van der Waals surface area contributed by atoms with Crippen LogP contribution in [0.2, 0.25) is 5.02 Å². The van der Waals surface area contributed by atoms with E-state index in [9.17, 15) is 4.21 Å². The summed E-state index contributed by atoms with van der Waals surface area (Å²) in [6.07, 6.45) is 0. The Hall–Kier alpha value is -0.640. The average Bonchev–Trinajstić information content (AvgIpc) is 2.30. The van der Waals surface area contributed by atoms with Crippen LogP contribution in [0.4, 0.5) is 0 Å². The van der Waals surface area contributed by atoms with Crippen LogP contribution in [0, 0.1) is 0 Å². The third kappa shape index (κ3) is 2.73. The molecule has 0 fully saturated rings. The second kappa shape index (κ2) is 5.13. The molecule has 0 aliphatic carbocycles. The van der Waals surface area contributed by atoms with Gasteiger partial charge in [0.25, 0.3) is 0 Å². The van der Waals surface area contributed by atoms with Crippen molar-refractivity contribution >= 4 is 38.3 Å². The molecule has 0 saturated carbocycles. The molecule has 0 aromatic heterocycles. The van der Waals surface area contributed by atoms with Gasteiger partial charge in [0.05, 0.1) is 10.8 Å². The minimum atomic E-state index is -1.14. The van der Waals surface area contributed by atoms with Crippen LogP contribution in [0.15, 0.2) is 62.8 Å². The summed E-state index contributed by atoms with van der Waals surface area (Å²) >= 11 is 9.12. The number of benzene rings is 2. The van der Waals surface area contributed by atoms with E-state index >= 15 is 0 Å². The van der Waals surface area contributed by atoms with Gasteiger partial charge in [0.2, 0.25) is 0 Å². The minimum absolute atomic E-state index is 0.650. The Bertz CT molecular complexity index is 460. The van der Waals surface area contributed by atoms with E-state index in [-0.39, 0.29) is 0 Å². The molecule has 2 aromatic carbocycles. The van der Waals surface area contributed by atoms with Gasteiger partial charge in [-0.15, -0.1) is 0 Å². The lowest BCUT2D eigenvalue weighted by Gasteiger charge is -2.02. The predicted molar refractivity (Wildman–Crippen MR) is 70.3 cm³/mol. The van der Waals surface area contributed by atoms with Crippen LogP contribution in [-0.4, -0.2) is 4.21 Å². The van der Waals surface area contributed by atoms with Gasteiger partial charge in [-0.2, -0.15) is 0 Å². The molecular weight excluding hydrogens is 308 g/mol. The fourth-order valence-electron chi connectivity index (χ4n) is 1.25. The highest BCUT2D eigenvalue weighted by atomic mass is 79.9. The molecule has 0 aliphatic heterocycles. The van der Waals surface area contributed by atoms with Crippen LogP contribution in [0.25, 0.3) is 0 Å². The first kappa shape index (κ1) is 11.8. The molecule has 1 unspecified atom stereocenters. The van der Waals surface area contributed by atoms with E-state index in [1.54, 1.807) is 24.3 Å². The van der Waals surface area contributed by atoms with Crippen LogP contribution < -0.4 is 0 Å². The van der Waals surface area contributed by atoms with Crippen molar-refractivity contribution < 1.29 is 4.21 Å². The Labute approximate surface area is 110 Å². The lowest BCUT2D eigenvalue weighted by molar-refractivity contribution is 0.683. The third-order valence-corrected chi connectivity index (χ3v) is 4.24. The zero-order valence-corrected chi connectivity index (χ0v) is 11.3. The fraction of sp³-hybridized carbons (Fsp3) is 0. The van der Waals surface area contributed by atoms with Gasteiger partial charge in [-0.25, -0.2) is 4.21 Å². The van der Waals surface area contributed by atoms with Crippen molar-refractivity contribution in [2.45, 2.75) is 9.79 Å². The maximum absolute atomic E-state index is 12.1. The summed E-state index contributed by atoms with van der Waals surface area (Å²) in [5.74, 6) is 0. The molecule has 4 heteroatoms. The number of hydrogen-bond acceptors (Lipinski definition) is 1. The molecule has 1 atom stereocenters. The highest BCUT2D eigenvalue weighted by molar-refractivity contribution is 9.10. The first-order valence-electron chi connectivity index (χ1n) is 4.60. The van der Waals surface area contributed by atoms with Gasteiger partial charge in [-0.1, -0.05) is 27.5 Å². The SMILES string of the molecule is O=S(c1ccc(Cl)cc1)c1ccc(Br)cc1. The number of hydrogen-bond donors (Lipinski definition) is 0. The summed E-state index contributed by atoms with van der Waals surface area (Å²) in [4.78, 5) is 1.54. The average molecular weight is 316 g/mol. The Kier molecular flexibility index (Phi) is 3.79. The number of halogens is 2. The Morgan fingerprint density at radius 1 is 0.875 bits per heavy atom. The van der Waals surface area contributed by atoms with E-state index in [1.807, 2.05) is 24.3 Å². The molecule has 0 heterocycles. The second-order valence-electron chi connectivity index (χ2n) is 3.18. The monoisotopic (exact) mass is 314 g/mol. The topological polar surface area (TPSA) is 17.1 Å². The highest BCUT2D eigenvalue weighted by Gasteiger charge is 2.06. The standard InChI is InChI=1S/C12H8BrClOS/c13-9-1-5-11(6-2-9)16(15)12-7-3-10(14)4-8-12/h1-8H. The summed E-state index contributed by atoms with van der Waals surface area (Å²) < 4.78 is 13.1. The molecule has 0 aliphatic rings. The minimum Gasteiger partial charge on any atom is -0.249 e. The Morgan fingerprint density at radius 3 is 1.81 bits per heavy atom. The van der Waals surface area contributed by atoms with Gasteiger partial charge in [0.1, 0.15) is 0 Å². The largest absolute Gasteiger partial charge is 0.249 e. The molecule has 2 rings (SSSR count). The van der Waals surface area contributed by atoms with Crippen molar-refractivity contribution in [2.75, 3.05) is 0 Å². The molecule has 82 valence electrons. The summed E-state index contributed by atoms with van der Waals surface area (Å²) in [7, 11) is -1.14. The van der Waals surface area contributed by atoms with Crippen molar-refractivity contribution in [1.29, 1.82) is 0 Å². The normalized spacial score (nSPS) is 12.4. The van der Waals surface area contributed by atoms with E-state index in [4.69, 9.17) is 11.6 Å². The zero-order chi connectivity index (χ0) is 11.5. The molecule has 16 heavy (non-hydrogen) atoms. The summed E-state index contributed by atoms with van der Waals surface area (Å²) in [5, 5.41) is 0.650. The van der Waals surface area contributed by atoms with Crippen molar-refractivity contribution in [3.05, 3.63) is 58.0 Å². The summed E-state index contributed by atoms with van der Waals surface area (Å²) in [6, 6.07) is 14.5. The van der Waals surface area contributed by atoms with Crippen LogP contribution in [0.3, 0.4) is 0 Å². The molecule has 0 N–H and O–H groups in total. The molecule has 0 radical (unpaired) electrons. The quantitative estimate of drug-likeness (QED) is 0.809. The lowest BCUT2D eigenvalue weighted by Crippen LogP contribution is -1.91. The molecule has 0 saturated heterocycles. The third-order valence-electron chi connectivity index (χ3n) is 2.06. The summed E-state index contributed by atoms with van der Waals surface area (Å²) in [6.45, 7) is 0. The summed E-state index contributed by atoms with van der Waals surface area (Å²) in [5.41, 5.74) is 0. The maximum atomic E-state index is 12.1. The molecule has 1 nitrogen and oxygen atoms in total. The van der Waals surface area contributed by atoms with Crippen LogP contribution in [-0.2, 0) is 10.8 Å². The van der Waals surface area contributed by atoms with Crippen LogP contribution in [0.1, 0.15) is 0 Å². The van der Waals surface area contributed by atoms with E-state index in [1.165, 1.54) is 0 Å². The first-order valence-corrected chi connectivity index (χ1v) is 6.92. The van der Waals surface area contributed by atoms with Gasteiger partial charge in [-0.3, -0.25) is 0 Å². The van der Waals surface area contributed by atoms with E-state index < -0.39 is 10.8 Å². The van der Waals surface area contributed by atoms with Gasteiger partial charge < -0.3 is 0 Å². The molecule has 2 aromatic rings. The smallest absolute Gasteiger partial charge is 0.0849 e. The van der Waals surface area contributed by atoms with Gasteiger partial charge in [0, 0.05) is 19.3 Å². The van der Waals surface area contributed by atoms with Crippen molar-refractivity contribution in [3.63, 3.8) is 0 Å². The predicted octanol–water partition coefficient (Wildman–Crippen LogP) is 4.27. The van der Waals surface area contributed by atoms with Crippen molar-refractivity contribution in [2.24, 2.45) is 0 Å². The molecular formula is C12H8BrClOS. The molecule has 0 bridgehead atoms.